The van der Waals surface area contributed by atoms with Gasteiger partial charge in [0.05, 0.1) is 0 Å². The lowest BCUT2D eigenvalue weighted by Gasteiger charge is -2.33. The van der Waals surface area contributed by atoms with Gasteiger partial charge in [-0.3, -0.25) is 10.2 Å². The van der Waals surface area contributed by atoms with Crippen molar-refractivity contribution in [1.82, 2.24) is 19.6 Å². The average Bonchev–Trinajstić information content (AvgIpc) is 2.98. The summed E-state index contributed by atoms with van der Waals surface area (Å²) >= 11 is 0. The van der Waals surface area contributed by atoms with Crippen molar-refractivity contribution in [3.63, 3.8) is 0 Å². The highest BCUT2D eigenvalue weighted by molar-refractivity contribution is 7.89. The first kappa shape index (κ1) is 16.0. The van der Waals surface area contributed by atoms with Gasteiger partial charge in [0, 0.05) is 32.4 Å². The third kappa shape index (κ3) is 3.43. The maximum absolute atomic E-state index is 12.5. The Morgan fingerprint density at radius 3 is 2.62 bits per heavy atom. The Hall–Kier alpha value is -1.42. The van der Waals surface area contributed by atoms with Gasteiger partial charge in [-0.05, 0) is 19.0 Å². The number of carbonyl (C=O) groups excluding carboxylic acids is 1. The van der Waals surface area contributed by atoms with E-state index in [1.165, 1.54) is 16.6 Å². The van der Waals surface area contributed by atoms with Crippen molar-refractivity contribution < 1.29 is 13.2 Å². The van der Waals surface area contributed by atoms with E-state index < -0.39 is 15.9 Å². The quantitative estimate of drug-likeness (QED) is 0.379. The van der Waals surface area contributed by atoms with Gasteiger partial charge in [0.25, 0.3) is 5.91 Å². The molecule has 0 aliphatic carbocycles. The smallest absolute Gasteiger partial charge is 0.281 e. The van der Waals surface area contributed by atoms with Crippen LogP contribution in [-0.2, 0) is 10.0 Å². The van der Waals surface area contributed by atoms with Crippen LogP contribution >= 0.6 is 0 Å². The van der Waals surface area contributed by atoms with E-state index in [0.29, 0.717) is 13.1 Å². The van der Waals surface area contributed by atoms with Gasteiger partial charge in [-0.2, -0.15) is 4.31 Å². The molecule has 2 rings (SSSR count). The molecular weight excluding hydrogens is 294 g/mol. The van der Waals surface area contributed by atoms with Crippen LogP contribution in [0.5, 0.6) is 0 Å². The molecule has 1 amide bonds. The highest BCUT2D eigenvalue weighted by atomic mass is 32.2. The van der Waals surface area contributed by atoms with Crippen LogP contribution in [0.15, 0.2) is 17.2 Å². The molecule has 0 spiro atoms. The SMILES string of the molecule is CCCN1CCN(S(=O)(=O)c2c[nH]c(C(=O)NN)c2)CC1. The molecule has 118 valence electrons. The molecule has 0 unspecified atom stereocenters. The zero-order chi connectivity index (χ0) is 15.5. The molecule has 0 radical (unpaired) electrons. The number of sulfonamides is 1. The van der Waals surface area contributed by atoms with E-state index in [1.807, 2.05) is 5.43 Å². The summed E-state index contributed by atoms with van der Waals surface area (Å²) in [6, 6.07) is 1.30. The van der Waals surface area contributed by atoms with Gasteiger partial charge in [0.15, 0.2) is 0 Å². The summed E-state index contributed by atoms with van der Waals surface area (Å²) in [4.78, 5) is 16.3. The van der Waals surface area contributed by atoms with Crippen molar-refractivity contribution in [2.24, 2.45) is 5.84 Å². The summed E-state index contributed by atoms with van der Waals surface area (Å²) in [5.41, 5.74) is 2.09. The first-order valence-corrected chi connectivity index (χ1v) is 8.35. The predicted molar refractivity (Wildman–Crippen MR) is 77.9 cm³/mol. The molecule has 2 heterocycles. The van der Waals surface area contributed by atoms with Crippen LogP contribution in [0.4, 0.5) is 0 Å². The van der Waals surface area contributed by atoms with Crippen molar-refractivity contribution in [3.05, 3.63) is 18.0 Å². The Morgan fingerprint density at radius 1 is 1.38 bits per heavy atom. The Bertz CT molecular complexity index is 590. The van der Waals surface area contributed by atoms with E-state index in [4.69, 9.17) is 5.84 Å². The Balaban J connectivity index is 2.08. The first-order valence-electron chi connectivity index (χ1n) is 6.91. The number of rotatable bonds is 5. The number of hydrogen-bond acceptors (Lipinski definition) is 5. The molecule has 0 atom stereocenters. The molecule has 1 aliphatic rings. The number of H-pyrrole nitrogens is 1. The van der Waals surface area contributed by atoms with Crippen molar-refractivity contribution >= 4 is 15.9 Å². The number of nitrogen functional groups attached to an aromatic ring is 1. The minimum absolute atomic E-state index is 0.0880. The Labute approximate surface area is 124 Å². The number of piperazine rings is 1. The average molecular weight is 315 g/mol. The number of nitrogens with two attached hydrogens (primary N) is 1. The molecule has 4 N–H and O–H groups in total. The number of hydrogen-bond donors (Lipinski definition) is 3. The molecule has 0 aromatic carbocycles. The number of hydrazine groups is 1. The summed E-state index contributed by atoms with van der Waals surface area (Å²) in [7, 11) is -3.57. The highest BCUT2D eigenvalue weighted by Crippen LogP contribution is 2.18. The van der Waals surface area contributed by atoms with Gasteiger partial charge in [0.1, 0.15) is 10.6 Å². The lowest BCUT2D eigenvalue weighted by atomic mass is 10.3. The fourth-order valence-corrected chi connectivity index (χ4v) is 3.81. The second-order valence-corrected chi connectivity index (χ2v) is 6.91. The number of aromatic amines is 1. The zero-order valence-electron chi connectivity index (χ0n) is 12.0. The van der Waals surface area contributed by atoms with E-state index in [1.54, 1.807) is 0 Å². The van der Waals surface area contributed by atoms with Gasteiger partial charge in [-0.15, -0.1) is 0 Å². The van der Waals surface area contributed by atoms with Crippen LogP contribution in [0, 0.1) is 0 Å². The van der Waals surface area contributed by atoms with Gasteiger partial charge in [-0.25, -0.2) is 14.3 Å². The van der Waals surface area contributed by atoms with Crippen LogP contribution in [-0.4, -0.2) is 61.2 Å². The fraction of sp³-hybridized carbons (Fsp3) is 0.583. The van der Waals surface area contributed by atoms with Crippen molar-refractivity contribution in [1.29, 1.82) is 0 Å². The second kappa shape index (κ2) is 6.56. The highest BCUT2D eigenvalue weighted by Gasteiger charge is 2.29. The number of aromatic nitrogens is 1. The maximum Gasteiger partial charge on any atom is 0.281 e. The van der Waals surface area contributed by atoms with Gasteiger partial charge >= 0.3 is 0 Å². The number of nitrogens with one attached hydrogen (secondary N) is 2. The lowest BCUT2D eigenvalue weighted by Crippen LogP contribution is -2.48. The molecule has 9 heteroatoms. The Kier molecular flexibility index (Phi) is 4.99. The largest absolute Gasteiger partial charge is 0.356 e. The van der Waals surface area contributed by atoms with Gasteiger partial charge < -0.3 is 9.88 Å². The van der Waals surface area contributed by atoms with Crippen LogP contribution in [0.2, 0.25) is 0 Å². The lowest BCUT2D eigenvalue weighted by molar-refractivity contribution is 0.0949. The zero-order valence-corrected chi connectivity index (χ0v) is 12.8. The summed E-state index contributed by atoms with van der Waals surface area (Å²) in [6.45, 7) is 5.48. The normalized spacial score (nSPS) is 17.8. The number of amides is 1. The number of nitrogens with zero attached hydrogens (tertiary/aromatic N) is 2. The maximum atomic E-state index is 12.5. The molecule has 1 fully saturated rings. The minimum Gasteiger partial charge on any atom is -0.356 e. The van der Waals surface area contributed by atoms with Gasteiger partial charge in [0.2, 0.25) is 10.0 Å². The van der Waals surface area contributed by atoms with Crippen molar-refractivity contribution in [2.75, 3.05) is 32.7 Å². The van der Waals surface area contributed by atoms with E-state index in [-0.39, 0.29) is 10.6 Å². The Morgan fingerprint density at radius 2 is 2.05 bits per heavy atom. The molecule has 0 saturated carbocycles. The molecule has 8 nitrogen and oxygen atoms in total. The van der Waals surface area contributed by atoms with Crippen LogP contribution in [0.25, 0.3) is 0 Å². The molecule has 1 saturated heterocycles. The minimum atomic E-state index is -3.57. The van der Waals surface area contributed by atoms with E-state index in [0.717, 1.165) is 26.1 Å². The summed E-state index contributed by atoms with van der Waals surface area (Å²) in [5, 5.41) is 0. The summed E-state index contributed by atoms with van der Waals surface area (Å²) < 4.78 is 26.5. The predicted octanol–water partition coefficient (Wildman–Crippen LogP) is -0.665. The molecule has 1 aromatic rings. The molecular formula is C12H21N5O3S. The third-order valence-electron chi connectivity index (χ3n) is 3.54. The summed E-state index contributed by atoms with van der Waals surface area (Å²) in [6.07, 6.45) is 2.38. The van der Waals surface area contributed by atoms with Crippen molar-refractivity contribution in [2.45, 2.75) is 18.2 Å². The first-order chi connectivity index (χ1) is 9.98. The standard InChI is InChI=1S/C12H21N5O3S/c1-2-3-16-4-6-17(7-5-16)21(19,20)10-8-11(14-9-10)12(18)15-13/h8-9,14H,2-7,13H2,1H3,(H,15,18). The van der Waals surface area contributed by atoms with Gasteiger partial charge in [-0.1, -0.05) is 6.92 Å². The van der Waals surface area contributed by atoms with Crippen LogP contribution in [0.1, 0.15) is 23.8 Å². The molecule has 21 heavy (non-hydrogen) atoms. The second-order valence-electron chi connectivity index (χ2n) is 4.97. The number of carbonyl (C=O) groups is 1. The van der Waals surface area contributed by atoms with Crippen LogP contribution < -0.4 is 11.3 Å². The van der Waals surface area contributed by atoms with E-state index in [9.17, 15) is 13.2 Å². The summed E-state index contributed by atoms with van der Waals surface area (Å²) in [5.74, 6) is 4.47. The van der Waals surface area contributed by atoms with Crippen LogP contribution in [0.3, 0.4) is 0 Å². The molecule has 1 aliphatic heterocycles. The molecule has 0 bridgehead atoms. The monoisotopic (exact) mass is 315 g/mol. The topological polar surface area (TPSA) is 112 Å². The third-order valence-corrected chi connectivity index (χ3v) is 5.42. The van der Waals surface area contributed by atoms with E-state index >= 15 is 0 Å². The fourth-order valence-electron chi connectivity index (χ4n) is 2.39. The molecule has 1 aromatic heterocycles. The van der Waals surface area contributed by atoms with E-state index in [2.05, 4.69) is 16.8 Å². The van der Waals surface area contributed by atoms with Crippen molar-refractivity contribution in [3.8, 4) is 0 Å².